The molecule has 0 aromatic carbocycles. The number of carbonyl (C=O) groups excluding carboxylic acids is 1. The van der Waals surface area contributed by atoms with Gasteiger partial charge in [0.25, 0.3) is 0 Å². The molecule has 0 spiro atoms. The van der Waals surface area contributed by atoms with Gasteiger partial charge in [0.1, 0.15) is 0 Å². The zero-order chi connectivity index (χ0) is 9.73. The Kier molecular flexibility index (Phi) is 4.59. The van der Waals surface area contributed by atoms with Gasteiger partial charge in [0, 0.05) is 23.0 Å². The van der Waals surface area contributed by atoms with Crippen LogP contribution in [0.4, 0.5) is 0 Å². The Balaban J connectivity index is 2.25. The van der Waals surface area contributed by atoms with Crippen molar-refractivity contribution in [2.45, 2.75) is 31.2 Å². The van der Waals surface area contributed by atoms with Gasteiger partial charge >= 0.3 is 0 Å². The van der Waals surface area contributed by atoms with Gasteiger partial charge in [-0.15, -0.1) is 0 Å². The minimum Gasteiger partial charge on any atom is -0.350 e. The molecule has 0 aromatic heterocycles. The van der Waals surface area contributed by atoms with Gasteiger partial charge < -0.3 is 5.32 Å². The average Bonchev–Trinajstić information content (AvgIpc) is 2.08. The molecule has 0 aliphatic heterocycles. The molecular weight excluding hydrogens is 250 g/mol. The highest BCUT2D eigenvalue weighted by Gasteiger charge is 2.36. The summed E-state index contributed by atoms with van der Waals surface area (Å²) >= 11 is 5.18. The summed E-state index contributed by atoms with van der Waals surface area (Å²) in [6.45, 7) is 0. The summed E-state index contributed by atoms with van der Waals surface area (Å²) in [6, 6.07) is 0. The largest absolute Gasteiger partial charge is 0.350 e. The SMILES string of the molecule is CSCCC(=O)NC1(CBr)CCC1. The molecule has 0 bridgehead atoms. The fraction of sp³-hybridized carbons (Fsp3) is 0.889. The molecule has 1 N–H and O–H groups in total. The number of alkyl halides is 1. The van der Waals surface area contributed by atoms with Gasteiger partial charge in [-0.3, -0.25) is 4.79 Å². The molecular formula is C9H16BrNOS. The molecule has 0 aromatic rings. The minimum atomic E-state index is 0.0927. The normalized spacial score (nSPS) is 19.2. The number of rotatable bonds is 5. The van der Waals surface area contributed by atoms with Crippen molar-refractivity contribution in [1.29, 1.82) is 0 Å². The standard InChI is InChI=1S/C9H16BrNOS/c1-13-6-3-8(12)11-9(7-10)4-2-5-9/h2-7H2,1H3,(H,11,12). The Labute approximate surface area is 92.4 Å². The highest BCUT2D eigenvalue weighted by atomic mass is 79.9. The average molecular weight is 266 g/mol. The van der Waals surface area contributed by atoms with Gasteiger partial charge in [0.15, 0.2) is 0 Å². The molecule has 1 fully saturated rings. The molecule has 13 heavy (non-hydrogen) atoms. The van der Waals surface area contributed by atoms with E-state index in [0.29, 0.717) is 6.42 Å². The van der Waals surface area contributed by atoms with Crippen LogP contribution in [-0.2, 0) is 4.79 Å². The van der Waals surface area contributed by atoms with Crippen molar-refractivity contribution >= 4 is 33.6 Å². The number of halogens is 1. The molecule has 0 saturated heterocycles. The molecule has 0 radical (unpaired) electrons. The quantitative estimate of drug-likeness (QED) is 0.773. The van der Waals surface area contributed by atoms with E-state index >= 15 is 0 Å². The fourth-order valence-electron chi connectivity index (χ4n) is 1.45. The summed E-state index contributed by atoms with van der Waals surface area (Å²) in [5.41, 5.74) is 0.0927. The molecule has 1 aliphatic rings. The molecule has 76 valence electrons. The summed E-state index contributed by atoms with van der Waals surface area (Å²) in [4.78, 5) is 11.4. The highest BCUT2D eigenvalue weighted by molar-refractivity contribution is 9.09. The third kappa shape index (κ3) is 3.17. The second kappa shape index (κ2) is 5.25. The van der Waals surface area contributed by atoms with Crippen LogP contribution in [0, 0.1) is 0 Å². The molecule has 1 aliphatic carbocycles. The first-order chi connectivity index (χ1) is 6.22. The lowest BCUT2D eigenvalue weighted by molar-refractivity contribution is -0.123. The van der Waals surface area contributed by atoms with Crippen LogP contribution in [0.5, 0.6) is 0 Å². The lowest BCUT2D eigenvalue weighted by Crippen LogP contribution is -2.54. The number of hydrogen-bond acceptors (Lipinski definition) is 2. The van der Waals surface area contributed by atoms with E-state index in [2.05, 4.69) is 21.2 Å². The lowest BCUT2D eigenvalue weighted by atomic mass is 9.78. The van der Waals surface area contributed by atoms with Gasteiger partial charge in [0.2, 0.25) is 5.91 Å². The van der Waals surface area contributed by atoms with Gasteiger partial charge in [-0.2, -0.15) is 11.8 Å². The van der Waals surface area contributed by atoms with Gasteiger partial charge in [-0.25, -0.2) is 0 Å². The topological polar surface area (TPSA) is 29.1 Å². The zero-order valence-corrected chi connectivity index (χ0v) is 10.3. The molecule has 1 amide bonds. The first kappa shape index (κ1) is 11.4. The van der Waals surface area contributed by atoms with E-state index < -0.39 is 0 Å². The second-order valence-electron chi connectivity index (χ2n) is 3.56. The van der Waals surface area contributed by atoms with E-state index in [0.717, 1.165) is 23.9 Å². The van der Waals surface area contributed by atoms with Crippen molar-refractivity contribution in [3.05, 3.63) is 0 Å². The maximum Gasteiger partial charge on any atom is 0.221 e. The predicted molar refractivity (Wildman–Crippen MR) is 61.5 cm³/mol. The van der Waals surface area contributed by atoms with Crippen LogP contribution >= 0.6 is 27.7 Å². The minimum absolute atomic E-state index is 0.0927. The number of amides is 1. The molecule has 0 heterocycles. The van der Waals surface area contributed by atoms with E-state index in [4.69, 9.17) is 0 Å². The van der Waals surface area contributed by atoms with Crippen LogP contribution in [0.1, 0.15) is 25.7 Å². The van der Waals surface area contributed by atoms with Crippen molar-refractivity contribution in [3.8, 4) is 0 Å². The molecule has 1 saturated carbocycles. The maximum atomic E-state index is 11.4. The van der Waals surface area contributed by atoms with Crippen molar-refractivity contribution in [3.63, 3.8) is 0 Å². The van der Waals surface area contributed by atoms with Crippen LogP contribution in [0.2, 0.25) is 0 Å². The first-order valence-electron chi connectivity index (χ1n) is 4.58. The summed E-state index contributed by atoms with van der Waals surface area (Å²) in [5, 5.41) is 4.01. The van der Waals surface area contributed by atoms with E-state index in [-0.39, 0.29) is 11.4 Å². The molecule has 0 atom stereocenters. The van der Waals surface area contributed by atoms with Gasteiger partial charge in [-0.05, 0) is 25.5 Å². The zero-order valence-electron chi connectivity index (χ0n) is 7.94. The molecule has 1 rings (SSSR count). The molecule has 4 heteroatoms. The van der Waals surface area contributed by atoms with Crippen LogP contribution in [-0.4, -0.2) is 28.8 Å². The Hall–Kier alpha value is 0.300. The van der Waals surface area contributed by atoms with Crippen molar-refractivity contribution in [2.75, 3.05) is 17.3 Å². The Morgan fingerprint density at radius 1 is 1.62 bits per heavy atom. The highest BCUT2D eigenvalue weighted by Crippen LogP contribution is 2.33. The van der Waals surface area contributed by atoms with E-state index in [9.17, 15) is 4.79 Å². The number of thioether (sulfide) groups is 1. The molecule has 0 unspecified atom stereocenters. The van der Waals surface area contributed by atoms with Crippen LogP contribution in [0.15, 0.2) is 0 Å². The third-order valence-electron chi connectivity index (χ3n) is 2.50. The number of carbonyl (C=O) groups is 1. The molecule has 2 nitrogen and oxygen atoms in total. The summed E-state index contributed by atoms with van der Waals surface area (Å²) in [5.74, 6) is 1.12. The second-order valence-corrected chi connectivity index (χ2v) is 5.10. The Morgan fingerprint density at radius 2 is 2.31 bits per heavy atom. The first-order valence-corrected chi connectivity index (χ1v) is 7.10. The maximum absolute atomic E-state index is 11.4. The summed E-state index contributed by atoms with van der Waals surface area (Å²) < 4.78 is 0. The van der Waals surface area contributed by atoms with Crippen LogP contribution < -0.4 is 5.32 Å². The fourth-order valence-corrected chi connectivity index (χ4v) is 2.54. The van der Waals surface area contributed by atoms with E-state index in [1.165, 1.54) is 6.42 Å². The van der Waals surface area contributed by atoms with Crippen LogP contribution in [0.3, 0.4) is 0 Å². The third-order valence-corrected chi connectivity index (χ3v) is 4.19. The van der Waals surface area contributed by atoms with Crippen molar-refractivity contribution < 1.29 is 4.79 Å². The summed E-state index contributed by atoms with van der Waals surface area (Å²) in [6.07, 6.45) is 6.17. The Morgan fingerprint density at radius 3 is 2.69 bits per heavy atom. The monoisotopic (exact) mass is 265 g/mol. The van der Waals surface area contributed by atoms with Gasteiger partial charge in [-0.1, -0.05) is 15.9 Å². The summed E-state index contributed by atoms with van der Waals surface area (Å²) in [7, 11) is 0. The van der Waals surface area contributed by atoms with Crippen LogP contribution in [0.25, 0.3) is 0 Å². The number of nitrogens with one attached hydrogen (secondary N) is 1. The predicted octanol–water partition coefficient (Wildman–Crippen LogP) is 2.17. The number of hydrogen-bond donors (Lipinski definition) is 1. The Bertz CT molecular complexity index is 177. The van der Waals surface area contributed by atoms with E-state index in [1.807, 2.05) is 6.26 Å². The smallest absolute Gasteiger partial charge is 0.221 e. The lowest BCUT2D eigenvalue weighted by Gasteiger charge is -2.41. The van der Waals surface area contributed by atoms with Gasteiger partial charge in [0.05, 0.1) is 0 Å². The van der Waals surface area contributed by atoms with E-state index in [1.54, 1.807) is 11.8 Å². The van der Waals surface area contributed by atoms with Crippen molar-refractivity contribution in [1.82, 2.24) is 5.32 Å². The van der Waals surface area contributed by atoms with Crippen molar-refractivity contribution in [2.24, 2.45) is 0 Å².